The predicted molar refractivity (Wildman–Crippen MR) is 64.6 cm³/mol. The standard InChI is InChI=1S/C12H11Cl2N/c1-6-7-2-3-10(13)12(14)11(7)9-5-15-4-8(6)9/h2-3,8-9,15H,1,4-5H2. The van der Waals surface area contributed by atoms with E-state index in [2.05, 4.69) is 11.9 Å². The third-order valence-corrected chi connectivity index (χ3v) is 4.33. The van der Waals surface area contributed by atoms with Crippen molar-refractivity contribution in [2.45, 2.75) is 5.92 Å². The highest BCUT2D eigenvalue weighted by molar-refractivity contribution is 6.42. The van der Waals surface area contributed by atoms with Crippen molar-refractivity contribution in [2.75, 3.05) is 13.1 Å². The largest absolute Gasteiger partial charge is 0.315 e. The van der Waals surface area contributed by atoms with Gasteiger partial charge in [-0.3, -0.25) is 0 Å². The van der Waals surface area contributed by atoms with Crippen molar-refractivity contribution >= 4 is 28.8 Å². The molecule has 3 rings (SSSR count). The summed E-state index contributed by atoms with van der Waals surface area (Å²) in [6.45, 7) is 6.16. The van der Waals surface area contributed by atoms with E-state index in [9.17, 15) is 0 Å². The molecule has 1 saturated heterocycles. The molecular formula is C12H11Cl2N. The highest BCUT2D eigenvalue weighted by Gasteiger charge is 2.40. The summed E-state index contributed by atoms with van der Waals surface area (Å²) in [4.78, 5) is 0. The number of fused-ring (bicyclic) bond motifs is 3. The molecule has 2 atom stereocenters. The average molecular weight is 240 g/mol. The topological polar surface area (TPSA) is 12.0 Å². The smallest absolute Gasteiger partial charge is 0.0633 e. The van der Waals surface area contributed by atoms with Crippen LogP contribution < -0.4 is 5.32 Å². The molecule has 1 fully saturated rings. The Labute approximate surface area is 99.1 Å². The number of hydrogen-bond donors (Lipinski definition) is 1. The third-order valence-electron chi connectivity index (χ3n) is 3.51. The lowest BCUT2D eigenvalue weighted by atomic mass is 9.95. The highest BCUT2D eigenvalue weighted by Crippen LogP contribution is 2.50. The minimum atomic E-state index is 0.471. The second-order valence-electron chi connectivity index (χ2n) is 4.22. The zero-order valence-electron chi connectivity index (χ0n) is 8.19. The molecule has 0 amide bonds. The second-order valence-corrected chi connectivity index (χ2v) is 5.00. The highest BCUT2D eigenvalue weighted by atomic mass is 35.5. The minimum Gasteiger partial charge on any atom is -0.315 e. The number of hydrogen-bond acceptors (Lipinski definition) is 1. The fraction of sp³-hybridized carbons (Fsp3) is 0.333. The van der Waals surface area contributed by atoms with Crippen LogP contribution in [0, 0.1) is 5.92 Å². The third kappa shape index (κ3) is 1.20. The average Bonchev–Trinajstić information content (AvgIpc) is 2.76. The summed E-state index contributed by atoms with van der Waals surface area (Å²) in [5, 5.41) is 4.74. The Balaban J connectivity index is 2.24. The SMILES string of the molecule is C=C1c2ccc(Cl)c(Cl)c2C2CNCC12. The first-order valence-corrected chi connectivity index (χ1v) is 5.83. The van der Waals surface area contributed by atoms with Gasteiger partial charge in [0.25, 0.3) is 0 Å². The summed E-state index contributed by atoms with van der Waals surface area (Å²) >= 11 is 12.3. The summed E-state index contributed by atoms with van der Waals surface area (Å²) in [6, 6.07) is 3.91. The van der Waals surface area contributed by atoms with Gasteiger partial charge in [-0.15, -0.1) is 0 Å². The van der Waals surface area contributed by atoms with Crippen molar-refractivity contribution in [3.8, 4) is 0 Å². The number of benzene rings is 1. The molecule has 0 radical (unpaired) electrons. The van der Waals surface area contributed by atoms with Gasteiger partial charge in [-0.05, 0) is 22.8 Å². The van der Waals surface area contributed by atoms with E-state index >= 15 is 0 Å². The Morgan fingerprint density at radius 3 is 2.73 bits per heavy atom. The quantitative estimate of drug-likeness (QED) is 0.733. The molecule has 78 valence electrons. The molecule has 3 heteroatoms. The molecule has 0 bridgehead atoms. The molecule has 1 aromatic carbocycles. The fourth-order valence-corrected chi connectivity index (χ4v) is 3.23. The van der Waals surface area contributed by atoms with Crippen LogP contribution in [0.4, 0.5) is 0 Å². The lowest BCUT2D eigenvalue weighted by Gasteiger charge is -2.10. The van der Waals surface area contributed by atoms with Crippen LogP contribution in [0.1, 0.15) is 17.0 Å². The molecule has 0 spiro atoms. The Morgan fingerprint density at radius 2 is 1.93 bits per heavy atom. The molecular weight excluding hydrogens is 229 g/mol. The van der Waals surface area contributed by atoms with Crippen molar-refractivity contribution in [1.29, 1.82) is 0 Å². The number of halogens is 2. The van der Waals surface area contributed by atoms with Gasteiger partial charge in [0.05, 0.1) is 10.0 Å². The van der Waals surface area contributed by atoms with E-state index in [4.69, 9.17) is 23.2 Å². The van der Waals surface area contributed by atoms with Gasteiger partial charge in [-0.25, -0.2) is 0 Å². The molecule has 1 heterocycles. The van der Waals surface area contributed by atoms with Gasteiger partial charge in [-0.2, -0.15) is 0 Å². The molecule has 1 nitrogen and oxygen atoms in total. The summed E-state index contributed by atoms with van der Waals surface area (Å²) in [5.41, 5.74) is 3.61. The molecule has 1 aliphatic carbocycles. The molecule has 0 aromatic heterocycles. The maximum absolute atomic E-state index is 6.27. The van der Waals surface area contributed by atoms with E-state index < -0.39 is 0 Å². The molecule has 2 aliphatic rings. The van der Waals surface area contributed by atoms with Crippen molar-refractivity contribution < 1.29 is 0 Å². The van der Waals surface area contributed by atoms with E-state index in [0.717, 1.165) is 13.1 Å². The van der Waals surface area contributed by atoms with Crippen molar-refractivity contribution in [3.05, 3.63) is 39.9 Å². The first-order valence-electron chi connectivity index (χ1n) is 5.08. The van der Waals surface area contributed by atoms with E-state index in [-0.39, 0.29) is 0 Å². The lowest BCUT2D eigenvalue weighted by Crippen LogP contribution is -2.10. The summed E-state index contributed by atoms with van der Waals surface area (Å²) in [5.74, 6) is 0.981. The van der Waals surface area contributed by atoms with Crippen LogP contribution in [0.25, 0.3) is 5.57 Å². The van der Waals surface area contributed by atoms with E-state index in [1.54, 1.807) is 0 Å². The first kappa shape index (κ1) is 9.71. The Bertz CT molecular complexity index is 453. The molecule has 1 N–H and O–H groups in total. The van der Waals surface area contributed by atoms with E-state index in [1.165, 1.54) is 16.7 Å². The normalized spacial score (nSPS) is 28.0. The minimum absolute atomic E-state index is 0.471. The van der Waals surface area contributed by atoms with Crippen molar-refractivity contribution in [2.24, 2.45) is 5.92 Å². The molecule has 1 aromatic rings. The maximum Gasteiger partial charge on any atom is 0.0633 e. The van der Waals surface area contributed by atoms with Crippen LogP contribution in [-0.2, 0) is 0 Å². The van der Waals surface area contributed by atoms with Gasteiger partial charge in [0.2, 0.25) is 0 Å². The number of rotatable bonds is 0. The molecule has 1 aliphatic heterocycles. The van der Waals surface area contributed by atoms with Gasteiger partial charge in [0.15, 0.2) is 0 Å². The van der Waals surface area contributed by atoms with Crippen LogP contribution in [0.5, 0.6) is 0 Å². The van der Waals surface area contributed by atoms with Crippen LogP contribution in [0.2, 0.25) is 10.0 Å². The fourth-order valence-electron chi connectivity index (χ4n) is 2.76. The van der Waals surface area contributed by atoms with Gasteiger partial charge in [-0.1, -0.05) is 35.8 Å². The van der Waals surface area contributed by atoms with Gasteiger partial charge in [0, 0.05) is 24.9 Å². The van der Waals surface area contributed by atoms with Crippen LogP contribution in [0.15, 0.2) is 18.7 Å². The van der Waals surface area contributed by atoms with Crippen LogP contribution in [0.3, 0.4) is 0 Å². The van der Waals surface area contributed by atoms with Crippen molar-refractivity contribution in [1.82, 2.24) is 5.32 Å². The summed E-state index contributed by atoms with van der Waals surface area (Å²) in [7, 11) is 0. The van der Waals surface area contributed by atoms with Gasteiger partial charge >= 0.3 is 0 Å². The summed E-state index contributed by atoms with van der Waals surface area (Å²) in [6.07, 6.45) is 0. The van der Waals surface area contributed by atoms with Gasteiger partial charge < -0.3 is 5.32 Å². The van der Waals surface area contributed by atoms with Crippen LogP contribution >= 0.6 is 23.2 Å². The molecule has 2 unspecified atom stereocenters. The maximum atomic E-state index is 6.27. The van der Waals surface area contributed by atoms with Gasteiger partial charge in [0.1, 0.15) is 0 Å². The monoisotopic (exact) mass is 239 g/mol. The lowest BCUT2D eigenvalue weighted by molar-refractivity contribution is 0.684. The van der Waals surface area contributed by atoms with Crippen LogP contribution in [-0.4, -0.2) is 13.1 Å². The second kappa shape index (κ2) is 3.24. The Hall–Kier alpha value is -0.500. The predicted octanol–water partition coefficient (Wildman–Crippen LogP) is 3.32. The Morgan fingerprint density at radius 1 is 1.20 bits per heavy atom. The zero-order chi connectivity index (χ0) is 10.6. The number of nitrogens with one attached hydrogen (secondary N) is 1. The molecule has 15 heavy (non-hydrogen) atoms. The van der Waals surface area contributed by atoms with E-state index in [1.807, 2.05) is 12.1 Å². The zero-order valence-corrected chi connectivity index (χ0v) is 9.70. The summed E-state index contributed by atoms with van der Waals surface area (Å²) < 4.78 is 0. The molecule has 0 saturated carbocycles. The van der Waals surface area contributed by atoms with Crippen molar-refractivity contribution in [3.63, 3.8) is 0 Å². The Kier molecular flexibility index (Phi) is 2.10. The first-order chi connectivity index (χ1) is 7.20. The van der Waals surface area contributed by atoms with E-state index in [0.29, 0.717) is 21.9 Å².